The fraction of sp³-hybridized carbons (Fsp3) is 0.286. The van der Waals surface area contributed by atoms with Gasteiger partial charge in [0, 0.05) is 24.7 Å². The minimum absolute atomic E-state index is 0.0326. The lowest BCUT2D eigenvalue weighted by molar-refractivity contribution is -0.140. The normalized spacial score (nSPS) is 13.2. The zero-order valence-corrected chi connectivity index (χ0v) is 23.2. The third-order valence-electron chi connectivity index (χ3n) is 6.32. The van der Waals surface area contributed by atoms with E-state index in [1.807, 2.05) is 12.1 Å². The molecule has 0 saturated carbocycles. The van der Waals surface area contributed by atoms with Gasteiger partial charge in [-0.15, -0.1) is 0 Å². The quantitative estimate of drug-likeness (QED) is 0.377. The van der Waals surface area contributed by atoms with Crippen LogP contribution >= 0.6 is 11.6 Å². The highest BCUT2D eigenvalue weighted by Crippen LogP contribution is 2.32. The smallest absolute Gasteiger partial charge is 0.242 e. The summed E-state index contributed by atoms with van der Waals surface area (Å²) in [4.78, 5) is 28.2. The monoisotopic (exact) mass is 571 g/mol. The standard InChI is InChI=1S/C28H30ClN3O6S/c1-20(28(34)30-15-23-10-13-25-26(14-23)38-19-37-25)32(17-22-8-11-24(29)12-9-22)27(33)18-31(39(2,35)36)16-21-6-4-3-5-7-21/h3-14,20H,15-19H2,1-2H3,(H,30,34). The van der Waals surface area contributed by atoms with Crippen molar-refractivity contribution in [1.29, 1.82) is 0 Å². The molecule has 39 heavy (non-hydrogen) atoms. The summed E-state index contributed by atoms with van der Waals surface area (Å²) in [5.74, 6) is 0.360. The molecule has 0 saturated heterocycles. The highest BCUT2D eigenvalue weighted by atomic mass is 35.5. The highest BCUT2D eigenvalue weighted by molar-refractivity contribution is 7.88. The molecule has 0 aromatic heterocycles. The van der Waals surface area contributed by atoms with E-state index in [1.165, 1.54) is 4.90 Å². The first-order valence-corrected chi connectivity index (χ1v) is 14.5. The Morgan fingerprint density at radius 2 is 1.56 bits per heavy atom. The van der Waals surface area contributed by atoms with Crippen molar-refractivity contribution in [2.24, 2.45) is 0 Å². The molecule has 1 aliphatic rings. The van der Waals surface area contributed by atoms with E-state index in [-0.39, 0.29) is 32.3 Å². The fourth-order valence-electron chi connectivity index (χ4n) is 4.08. The first-order chi connectivity index (χ1) is 18.6. The summed E-state index contributed by atoms with van der Waals surface area (Å²) in [6, 6.07) is 20.4. The Bertz CT molecular complexity index is 1420. The summed E-state index contributed by atoms with van der Waals surface area (Å²) in [5.41, 5.74) is 2.30. The number of benzene rings is 3. The maximum absolute atomic E-state index is 13.6. The van der Waals surface area contributed by atoms with Crippen LogP contribution in [0.25, 0.3) is 0 Å². The van der Waals surface area contributed by atoms with Crippen molar-refractivity contribution in [3.8, 4) is 11.5 Å². The fourth-order valence-corrected chi connectivity index (χ4v) is 4.93. The Kier molecular flexibility index (Phi) is 9.11. The topological polar surface area (TPSA) is 105 Å². The van der Waals surface area contributed by atoms with Gasteiger partial charge >= 0.3 is 0 Å². The summed E-state index contributed by atoms with van der Waals surface area (Å²) in [7, 11) is -3.72. The molecule has 2 amide bonds. The lowest BCUT2D eigenvalue weighted by Crippen LogP contribution is -2.50. The SMILES string of the molecule is CC(C(=O)NCc1ccc2c(c1)OCO2)N(Cc1ccc(Cl)cc1)C(=O)CN(Cc1ccccc1)S(C)(=O)=O. The van der Waals surface area contributed by atoms with E-state index in [2.05, 4.69) is 5.32 Å². The van der Waals surface area contributed by atoms with Crippen LogP contribution in [0.3, 0.4) is 0 Å². The summed E-state index contributed by atoms with van der Waals surface area (Å²) < 4.78 is 37.0. The number of nitrogens with zero attached hydrogens (tertiary/aromatic N) is 2. The maximum Gasteiger partial charge on any atom is 0.242 e. The molecular weight excluding hydrogens is 542 g/mol. The van der Waals surface area contributed by atoms with Crippen LogP contribution in [-0.2, 0) is 39.2 Å². The number of carbonyl (C=O) groups excluding carboxylic acids is 2. The van der Waals surface area contributed by atoms with E-state index in [0.717, 1.165) is 27.3 Å². The van der Waals surface area contributed by atoms with Crippen LogP contribution in [0.2, 0.25) is 5.02 Å². The van der Waals surface area contributed by atoms with Crippen LogP contribution in [0, 0.1) is 0 Å². The van der Waals surface area contributed by atoms with E-state index in [4.69, 9.17) is 21.1 Å². The molecule has 0 aliphatic carbocycles. The number of hydrogen-bond donors (Lipinski definition) is 1. The summed E-state index contributed by atoms with van der Waals surface area (Å²) in [6.45, 7) is 1.69. The Morgan fingerprint density at radius 1 is 0.923 bits per heavy atom. The van der Waals surface area contributed by atoms with E-state index in [0.29, 0.717) is 16.5 Å². The van der Waals surface area contributed by atoms with Gasteiger partial charge in [0.25, 0.3) is 0 Å². The van der Waals surface area contributed by atoms with Gasteiger partial charge in [0.15, 0.2) is 11.5 Å². The number of hydrogen-bond acceptors (Lipinski definition) is 6. The summed E-state index contributed by atoms with van der Waals surface area (Å²) in [5, 5.41) is 3.40. The number of sulfonamides is 1. The number of fused-ring (bicyclic) bond motifs is 1. The van der Waals surface area contributed by atoms with Crippen molar-refractivity contribution in [3.63, 3.8) is 0 Å². The van der Waals surface area contributed by atoms with Crippen molar-refractivity contribution in [2.45, 2.75) is 32.6 Å². The van der Waals surface area contributed by atoms with E-state index in [9.17, 15) is 18.0 Å². The van der Waals surface area contributed by atoms with Gasteiger partial charge in [-0.25, -0.2) is 8.42 Å². The first-order valence-electron chi connectivity index (χ1n) is 12.3. The Labute approximate surface area is 233 Å². The number of carbonyl (C=O) groups is 2. The molecule has 4 rings (SSSR count). The molecule has 3 aromatic rings. The van der Waals surface area contributed by atoms with Crippen molar-refractivity contribution < 1.29 is 27.5 Å². The van der Waals surface area contributed by atoms with E-state index >= 15 is 0 Å². The van der Waals surface area contributed by atoms with Crippen molar-refractivity contribution in [1.82, 2.24) is 14.5 Å². The lowest BCUT2D eigenvalue weighted by atomic mass is 10.1. The van der Waals surface area contributed by atoms with Gasteiger partial charge in [0.05, 0.1) is 12.8 Å². The molecule has 3 aromatic carbocycles. The minimum atomic E-state index is -3.72. The number of amides is 2. The van der Waals surface area contributed by atoms with Crippen LogP contribution < -0.4 is 14.8 Å². The Hall–Kier alpha value is -3.60. The molecule has 0 radical (unpaired) electrons. The molecule has 9 nitrogen and oxygen atoms in total. The predicted molar refractivity (Wildman–Crippen MR) is 148 cm³/mol. The molecule has 1 N–H and O–H groups in total. The van der Waals surface area contributed by atoms with Gasteiger partial charge < -0.3 is 19.7 Å². The first kappa shape index (κ1) is 28.4. The number of halogens is 1. The van der Waals surface area contributed by atoms with Gasteiger partial charge in [-0.05, 0) is 47.9 Å². The van der Waals surface area contributed by atoms with Gasteiger partial charge in [-0.1, -0.05) is 60.1 Å². The van der Waals surface area contributed by atoms with E-state index in [1.54, 1.807) is 67.6 Å². The molecule has 1 unspecified atom stereocenters. The zero-order chi connectivity index (χ0) is 28.0. The molecule has 0 fully saturated rings. The van der Waals surface area contributed by atoms with Gasteiger partial charge in [-0.2, -0.15) is 4.31 Å². The van der Waals surface area contributed by atoms with Crippen LogP contribution in [0.5, 0.6) is 11.5 Å². The van der Waals surface area contributed by atoms with Crippen molar-refractivity contribution >= 4 is 33.4 Å². The number of rotatable bonds is 11. The molecule has 206 valence electrons. The minimum Gasteiger partial charge on any atom is -0.454 e. The lowest BCUT2D eigenvalue weighted by Gasteiger charge is -2.31. The third-order valence-corrected chi connectivity index (χ3v) is 7.77. The maximum atomic E-state index is 13.6. The van der Waals surface area contributed by atoms with Crippen molar-refractivity contribution in [2.75, 3.05) is 19.6 Å². The number of ether oxygens (including phenoxy) is 2. The van der Waals surface area contributed by atoms with Gasteiger partial charge in [-0.3, -0.25) is 9.59 Å². The van der Waals surface area contributed by atoms with Crippen LogP contribution in [-0.4, -0.2) is 55.1 Å². The molecule has 1 atom stereocenters. The molecule has 0 spiro atoms. The van der Waals surface area contributed by atoms with Crippen molar-refractivity contribution in [3.05, 3.63) is 94.5 Å². The van der Waals surface area contributed by atoms with Crippen LogP contribution in [0.4, 0.5) is 0 Å². The molecule has 0 bridgehead atoms. The largest absolute Gasteiger partial charge is 0.454 e. The second kappa shape index (κ2) is 12.5. The average molecular weight is 572 g/mol. The van der Waals surface area contributed by atoms with Gasteiger partial charge in [0.2, 0.25) is 28.6 Å². The van der Waals surface area contributed by atoms with Crippen LogP contribution in [0.15, 0.2) is 72.8 Å². The average Bonchev–Trinajstić information content (AvgIpc) is 3.38. The molecule has 11 heteroatoms. The molecule has 1 heterocycles. The highest BCUT2D eigenvalue weighted by Gasteiger charge is 2.30. The van der Waals surface area contributed by atoms with Crippen LogP contribution in [0.1, 0.15) is 23.6 Å². The Morgan fingerprint density at radius 3 is 2.26 bits per heavy atom. The second-order valence-electron chi connectivity index (χ2n) is 9.25. The molecule has 1 aliphatic heterocycles. The third kappa shape index (κ3) is 7.72. The predicted octanol–water partition coefficient (Wildman–Crippen LogP) is 3.56. The zero-order valence-electron chi connectivity index (χ0n) is 21.7. The summed E-state index contributed by atoms with van der Waals surface area (Å²) in [6.07, 6.45) is 1.06. The van der Waals surface area contributed by atoms with Gasteiger partial charge in [0.1, 0.15) is 6.04 Å². The van der Waals surface area contributed by atoms with E-state index < -0.39 is 28.5 Å². The number of nitrogens with one attached hydrogen (secondary N) is 1. The second-order valence-corrected chi connectivity index (χ2v) is 11.7. The molecular formula is C28H30ClN3O6S. The Balaban J connectivity index is 1.50. The summed E-state index contributed by atoms with van der Waals surface area (Å²) >= 11 is 6.02.